The highest BCUT2D eigenvalue weighted by Gasteiger charge is 2.10. The fourth-order valence-corrected chi connectivity index (χ4v) is 2.78. The summed E-state index contributed by atoms with van der Waals surface area (Å²) in [5.41, 5.74) is 3.34. The number of nitrogens with zero attached hydrogens (tertiary/aromatic N) is 1. The Balaban J connectivity index is 1.83. The largest absolute Gasteiger partial charge is 0.375 e. The van der Waals surface area contributed by atoms with E-state index in [1.807, 2.05) is 55.6 Å². The lowest BCUT2D eigenvalue weighted by atomic mass is 10.2. The molecule has 23 heavy (non-hydrogen) atoms. The summed E-state index contributed by atoms with van der Waals surface area (Å²) in [5.74, 6) is -0.145. The molecule has 1 aromatic heterocycles. The monoisotopic (exact) mass is 371 g/mol. The van der Waals surface area contributed by atoms with Gasteiger partial charge >= 0.3 is 0 Å². The second-order valence-electron chi connectivity index (χ2n) is 5.43. The predicted molar refractivity (Wildman–Crippen MR) is 99.3 cm³/mol. The highest BCUT2D eigenvalue weighted by atomic mass is 79.9. The van der Waals surface area contributed by atoms with Crippen molar-refractivity contribution in [2.24, 2.45) is 0 Å². The van der Waals surface area contributed by atoms with Crippen LogP contribution in [0.4, 0.5) is 11.4 Å². The molecule has 0 saturated heterocycles. The molecule has 0 bridgehead atoms. The number of anilines is 2. The average Bonchev–Trinajstić information content (AvgIpc) is 2.97. The number of aromatic amines is 1. The van der Waals surface area contributed by atoms with Crippen LogP contribution < -0.4 is 10.2 Å². The van der Waals surface area contributed by atoms with Gasteiger partial charge in [0.2, 0.25) is 0 Å². The molecular formula is C18H18BrN3O. The minimum atomic E-state index is -0.145. The number of hydrogen-bond donors (Lipinski definition) is 2. The van der Waals surface area contributed by atoms with Crippen LogP contribution in [0.15, 0.2) is 53.0 Å². The van der Waals surface area contributed by atoms with Crippen molar-refractivity contribution in [2.75, 3.05) is 23.8 Å². The first kappa shape index (κ1) is 15.6. The lowest BCUT2D eigenvalue weighted by Crippen LogP contribution is -2.16. The molecule has 4 nitrogen and oxygen atoms in total. The summed E-state index contributed by atoms with van der Waals surface area (Å²) in [7, 11) is 2.02. The molecule has 2 aromatic carbocycles. The number of fused-ring (bicyclic) bond motifs is 1. The number of nitrogens with one attached hydrogen (secondary N) is 2. The fraction of sp³-hybridized carbons (Fsp3) is 0.167. The van der Waals surface area contributed by atoms with Crippen molar-refractivity contribution in [1.82, 2.24) is 4.98 Å². The van der Waals surface area contributed by atoms with E-state index < -0.39 is 0 Å². The molecule has 0 fully saturated rings. The van der Waals surface area contributed by atoms with Crippen LogP contribution in [0.3, 0.4) is 0 Å². The summed E-state index contributed by atoms with van der Waals surface area (Å²) in [4.78, 5) is 17.7. The lowest BCUT2D eigenvalue weighted by Gasteiger charge is -2.17. The van der Waals surface area contributed by atoms with E-state index in [9.17, 15) is 4.79 Å². The van der Waals surface area contributed by atoms with Gasteiger partial charge in [-0.3, -0.25) is 4.79 Å². The van der Waals surface area contributed by atoms with E-state index in [1.54, 1.807) is 0 Å². The van der Waals surface area contributed by atoms with Crippen LogP contribution in [0.5, 0.6) is 0 Å². The number of carbonyl (C=O) groups excluding carboxylic acids is 1. The molecule has 0 aliphatic carbocycles. The molecule has 5 heteroatoms. The SMILES string of the molecule is CCN(C)c1cccc(NC(=O)c2cc3ccc(Br)cc3[nH]2)c1. The van der Waals surface area contributed by atoms with E-state index >= 15 is 0 Å². The van der Waals surface area contributed by atoms with Crippen molar-refractivity contribution in [1.29, 1.82) is 0 Å². The Morgan fingerprint density at radius 2 is 2.04 bits per heavy atom. The molecule has 1 amide bonds. The van der Waals surface area contributed by atoms with Crippen molar-refractivity contribution in [3.63, 3.8) is 0 Å². The van der Waals surface area contributed by atoms with Crippen LogP contribution in [-0.4, -0.2) is 24.5 Å². The van der Waals surface area contributed by atoms with Crippen LogP contribution in [0.2, 0.25) is 0 Å². The number of amides is 1. The van der Waals surface area contributed by atoms with Gasteiger partial charge in [0.05, 0.1) is 0 Å². The first-order valence-electron chi connectivity index (χ1n) is 7.47. The number of H-pyrrole nitrogens is 1. The quantitative estimate of drug-likeness (QED) is 0.701. The Morgan fingerprint density at radius 1 is 1.22 bits per heavy atom. The smallest absolute Gasteiger partial charge is 0.272 e. The number of carbonyl (C=O) groups is 1. The molecule has 0 atom stereocenters. The Bertz CT molecular complexity index is 856. The second kappa shape index (κ2) is 6.46. The third-order valence-corrected chi connectivity index (χ3v) is 4.34. The lowest BCUT2D eigenvalue weighted by molar-refractivity contribution is 0.102. The van der Waals surface area contributed by atoms with Crippen LogP contribution in [0.25, 0.3) is 10.9 Å². The maximum Gasteiger partial charge on any atom is 0.272 e. The Kier molecular flexibility index (Phi) is 4.39. The maximum absolute atomic E-state index is 12.5. The third kappa shape index (κ3) is 3.40. The number of aromatic nitrogens is 1. The van der Waals surface area contributed by atoms with Crippen molar-refractivity contribution in [2.45, 2.75) is 6.92 Å². The van der Waals surface area contributed by atoms with E-state index in [-0.39, 0.29) is 5.91 Å². The van der Waals surface area contributed by atoms with E-state index in [0.29, 0.717) is 5.69 Å². The molecule has 0 spiro atoms. The van der Waals surface area contributed by atoms with Gasteiger partial charge in [-0.05, 0) is 43.3 Å². The van der Waals surface area contributed by atoms with Crippen LogP contribution in [-0.2, 0) is 0 Å². The molecular weight excluding hydrogens is 354 g/mol. The Morgan fingerprint density at radius 3 is 2.83 bits per heavy atom. The standard InChI is InChI=1S/C18H18BrN3O/c1-3-22(2)15-6-4-5-14(11-15)20-18(23)17-9-12-7-8-13(19)10-16(12)21-17/h4-11,21H,3H2,1-2H3,(H,20,23). The molecule has 0 unspecified atom stereocenters. The van der Waals surface area contributed by atoms with Gasteiger partial charge in [0.15, 0.2) is 0 Å². The van der Waals surface area contributed by atoms with Gasteiger partial charge in [-0.15, -0.1) is 0 Å². The van der Waals surface area contributed by atoms with E-state index in [1.165, 1.54) is 0 Å². The number of benzene rings is 2. The highest BCUT2D eigenvalue weighted by molar-refractivity contribution is 9.10. The van der Waals surface area contributed by atoms with Gasteiger partial charge in [-0.25, -0.2) is 0 Å². The van der Waals surface area contributed by atoms with E-state index in [4.69, 9.17) is 0 Å². The van der Waals surface area contributed by atoms with Gasteiger partial charge < -0.3 is 15.2 Å². The zero-order chi connectivity index (χ0) is 16.4. The van der Waals surface area contributed by atoms with Crippen LogP contribution in [0.1, 0.15) is 17.4 Å². The number of hydrogen-bond acceptors (Lipinski definition) is 2. The van der Waals surface area contributed by atoms with Crippen molar-refractivity contribution in [3.8, 4) is 0 Å². The molecule has 0 aliphatic heterocycles. The maximum atomic E-state index is 12.5. The molecule has 0 aliphatic rings. The average molecular weight is 372 g/mol. The molecule has 0 saturated carbocycles. The third-order valence-electron chi connectivity index (χ3n) is 3.85. The molecule has 0 radical (unpaired) electrons. The summed E-state index contributed by atoms with van der Waals surface area (Å²) in [5, 5.41) is 3.96. The summed E-state index contributed by atoms with van der Waals surface area (Å²) in [6, 6.07) is 15.6. The van der Waals surface area contributed by atoms with Gasteiger partial charge in [0.1, 0.15) is 5.69 Å². The van der Waals surface area contributed by atoms with Gasteiger partial charge in [0.25, 0.3) is 5.91 Å². The first-order chi connectivity index (χ1) is 11.1. The topological polar surface area (TPSA) is 48.1 Å². The molecule has 118 valence electrons. The molecule has 1 heterocycles. The minimum Gasteiger partial charge on any atom is -0.375 e. The van der Waals surface area contributed by atoms with Crippen molar-refractivity contribution < 1.29 is 4.79 Å². The zero-order valence-corrected chi connectivity index (χ0v) is 14.6. The summed E-state index contributed by atoms with van der Waals surface area (Å²) in [6.07, 6.45) is 0. The van der Waals surface area contributed by atoms with Crippen LogP contribution in [0, 0.1) is 0 Å². The molecule has 3 aromatic rings. The van der Waals surface area contributed by atoms with Crippen molar-refractivity contribution in [3.05, 3.63) is 58.7 Å². The first-order valence-corrected chi connectivity index (χ1v) is 8.27. The summed E-state index contributed by atoms with van der Waals surface area (Å²) < 4.78 is 0.981. The normalized spacial score (nSPS) is 10.7. The van der Waals surface area contributed by atoms with Crippen molar-refractivity contribution >= 4 is 44.1 Å². The molecule has 3 rings (SSSR count). The summed E-state index contributed by atoms with van der Waals surface area (Å²) >= 11 is 3.44. The number of rotatable bonds is 4. The zero-order valence-electron chi connectivity index (χ0n) is 13.1. The second-order valence-corrected chi connectivity index (χ2v) is 6.35. The van der Waals surface area contributed by atoms with E-state index in [0.717, 1.165) is 33.3 Å². The highest BCUT2D eigenvalue weighted by Crippen LogP contribution is 2.22. The summed E-state index contributed by atoms with van der Waals surface area (Å²) in [6.45, 7) is 3.00. The van der Waals surface area contributed by atoms with Gasteiger partial charge in [-0.2, -0.15) is 0 Å². The number of halogens is 1. The Labute approximate surface area is 143 Å². The molecule has 2 N–H and O–H groups in total. The van der Waals surface area contributed by atoms with Crippen LogP contribution >= 0.6 is 15.9 Å². The van der Waals surface area contributed by atoms with E-state index in [2.05, 4.69) is 38.1 Å². The minimum absolute atomic E-state index is 0.145. The predicted octanol–water partition coefficient (Wildman–Crippen LogP) is 4.64. The van der Waals surface area contributed by atoms with Gasteiger partial charge in [-0.1, -0.05) is 28.1 Å². The Hall–Kier alpha value is -2.27. The fourth-order valence-electron chi connectivity index (χ4n) is 2.42. The van der Waals surface area contributed by atoms with Gasteiger partial charge in [0, 0.05) is 40.3 Å².